The predicted molar refractivity (Wildman–Crippen MR) is 138 cm³/mol. The maximum atomic E-state index is 14.0. The van der Waals surface area contributed by atoms with Gasteiger partial charge in [0.15, 0.2) is 5.78 Å². The summed E-state index contributed by atoms with van der Waals surface area (Å²) >= 11 is 0. The molecule has 3 rings (SSSR count). The van der Waals surface area contributed by atoms with Crippen LogP contribution in [-0.4, -0.2) is 49.0 Å². The van der Waals surface area contributed by atoms with Crippen LogP contribution in [0.4, 0.5) is 10.6 Å². The molecule has 2 heterocycles. The molecule has 0 radical (unpaired) electrons. The fourth-order valence-corrected chi connectivity index (χ4v) is 4.82. The highest BCUT2D eigenvalue weighted by atomic mass is 32.2. The van der Waals surface area contributed by atoms with Gasteiger partial charge in [0.2, 0.25) is 5.82 Å². The van der Waals surface area contributed by atoms with Crippen molar-refractivity contribution in [1.82, 2.24) is 15.0 Å². The Hall–Kier alpha value is -3.86. The first-order valence-electron chi connectivity index (χ1n) is 11.7. The van der Waals surface area contributed by atoms with Crippen molar-refractivity contribution >= 4 is 27.7 Å². The summed E-state index contributed by atoms with van der Waals surface area (Å²) in [6, 6.07) is 9.25. The van der Waals surface area contributed by atoms with Gasteiger partial charge >= 0.3 is 6.09 Å². The average Bonchev–Trinajstić information content (AvgIpc) is 2.87. The maximum absolute atomic E-state index is 14.0. The Balaban J connectivity index is 2.17. The Morgan fingerprint density at radius 1 is 1.03 bits per heavy atom. The number of aromatic nitrogens is 3. The molecule has 37 heavy (non-hydrogen) atoms. The van der Waals surface area contributed by atoms with Gasteiger partial charge in [-0.1, -0.05) is 52.0 Å². The molecule has 0 aliphatic rings. The van der Waals surface area contributed by atoms with E-state index in [2.05, 4.69) is 15.0 Å². The zero-order chi connectivity index (χ0) is 27.3. The summed E-state index contributed by atoms with van der Waals surface area (Å²) in [5, 5.41) is 0. The van der Waals surface area contributed by atoms with Crippen LogP contribution in [-0.2, 0) is 14.8 Å². The number of sulfonamides is 1. The fraction of sp³-hybridized carbons (Fsp3) is 0.346. The van der Waals surface area contributed by atoms with Crippen LogP contribution in [0, 0.1) is 18.8 Å². The number of anilines is 1. The minimum absolute atomic E-state index is 0.0162. The van der Waals surface area contributed by atoms with Crippen LogP contribution in [0.3, 0.4) is 0 Å². The van der Waals surface area contributed by atoms with E-state index < -0.39 is 16.1 Å². The Morgan fingerprint density at radius 2 is 1.70 bits per heavy atom. The van der Waals surface area contributed by atoms with E-state index in [1.54, 1.807) is 45.0 Å². The lowest BCUT2D eigenvalue weighted by atomic mass is 9.99. The summed E-state index contributed by atoms with van der Waals surface area (Å²) in [5.74, 6) is -0.765. The first kappa shape index (κ1) is 27.7. The molecule has 0 aliphatic heterocycles. The molecule has 196 valence electrons. The topological polar surface area (TPSA) is 129 Å². The van der Waals surface area contributed by atoms with Crippen molar-refractivity contribution in [3.63, 3.8) is 0 Å². The average molecular weight is 527 g/mol. The molecule has 1 amide bonds. The van der Waals surface area contributed by atoms with Gasteiger partial charge in [0.25, 0.3) is 15.9 Å². The zero-order valence-corrected chi connectivity index (χ0v) is 22.4. The van der Waals surface area contributed by atoms with Crippen LogP contribution in [0.1, 0.15) is 43.7 Å². The van der Waals surface area contributed by atoms with Gasteiger partial charge in [-0.2, -0.15) is 0 Å². The van der Waals surface area contributed by atoms with E-state index in [0.717, 1.165) is 0 Å². The molecular weight excluding hydrogens is 496 g/mol. The molecule has 0 atom stereocenters. The molecule has 0 saturated heterocycles. The molecule has 0 aliphatic carbocycles. The monoisotopic (exact) mass is 526 g/mol. The molecule has 0 spiro atoms. The molecule has 2 aromatic heterocycles. The molecular formula is C26H30N4O6S. The smallest absolute Gasteiger partial charge is 0.430 e. The number of carbonyl (C=O) groups excluding carboxylic acids is 2. The Morgan fingerprint density at radius 3 is 2.30 bits per heavy atom. The largest absolute Gasteiger partial charge is 0.478 e. The minimum Gasteiger partial charge on any atom is -0.478 e. The van der Waals surface area contributed by atoms with Crippen LogP contribution >= 0.6 is 0 Å². The van der Waals surface area contributed by atoms with Gasteiger partial charge in [0, 0.05) is 23.2 Å². The summed E-state index contributed by atoms with van der Waals surface area (Å²) in [6.45, 7) is 8.89. The summed E-state index contributed by atoms with van der Waals surface area (Å²) in [7, 11) is -3.32. The molecule has 1 aromatic carbocycles. The van der Waals surface area contributed by atoms with Gasteiger partial charge in [-0.05, 0) is 25.0 Å². The van der Waals surface area contributed by atoms with Crippen molar-refractivity contribution in [3.8, 4) is 17.1 Å². The molecule has 0 fully saturated rings. The van der Waals surface area contributed by atoms with Crippen LogP contribution in [0.5, 0.6) is 5.88 Å². The van der Waals surface area contributed by atoms with Crippen molar-refractivity contribution < 1.29 is 27.5 Å². The minimum atomic E-state index is -4.62. The van der Waals surface area contributed by atoms with Crippen molar-refractivity contribution in [2.75, 3.05) is 18.0 Å². The van der Waals surface area contributed by atoms with Gasteiger partial charge in [0.1, 0.15) is 4.90 Å². The van der Waals surface area contributed by atoms with E-state index in [1.807, 2.05) is 13.8 Å². The molecule has 3 aromatic rings. The van der Waals surface area contributed by atoms with Crippen molar-refractivity contribution in [3.05, 3.63) is 60.0 Å². The van der Waals surface area contributed by atoms with Crippen molar-refractivity contribution in [1.29, 1.82) is 0 Å². The second-order valence-electron chi connectivity index (χ2n) is 9.03. The number of methoxy groups -OCH3 is 1. The number of hydrogen-bond donors (Lipinski definition) is 0. The molecule has 10 nitrogen and oxygen atoms in total. The normalized spacial score (nSPS) is 11.5. The van der Waals surface area contributed by atoms with Crippen molar-refractivity contribution in [2.24, 2.45) is 11.8 Å². The summed E-state index contributed by atoms with van der Waals surface area (Å²) in [4.78, 5) is 37.9. The van der Waals surface area contributed by atoms with Gasteiger partial charge in [-0.15, -0.1) is 4.31 Å². The lowest BCUT2D eigenvalue weighted by molar-refractivity contribution is 0.0939. The van der Waals surface area contributed by atoms with Gasteiger partial charge in [-0.3, -0.25) is 9.78 Å². The number of rotatable bonds is 9. The number of nitrogens with zero attached hydrogens (tertiary/aromatic N) is 4. The summed E-state index contributed by atoms with van der Waals surface area (Å²) < 4.78 is 39.1. The van der Waals surface area contributed by atoms with Crippen LogP contribution in [0.2, 0.25) is 0 Å². The number of amides is 1. The molecule has 11 heteroatoms. The lowest BCUT2D eigenvalue weighted by Gasteiger charge is -2.23. The number of aryl methyl sites for hydroxylation is 1. The third kappa shape index (κ3) is 6.11. The van der Waals surface area contributed by atoms with Gasteiger partial charge in [0.05, 0.1) is 31.3 Å². The maximum Gasteiger partial charge on any atom is 0.430 e. The van der Waals surface area contributed by atoms with E-state index in [-0.39, 0.29) is 46.5 Å². The number of benzene rings is 1. The van der Waals surface area contributed by atoms with Crippen molar-refractivity contribution in [2.45, 2.75) is 39.5 Å². The molecule has 0 N–H and O–H groups in total. The number of hydrogen-bond acceptors (Lipinski definition) is 9. The summed E-state index contributed by atoms with van der Waals surface area (Å²) in [5.41, 5.74) is 1.49. The molecule has 0 bridgehead atoms. The predicted octanol–water partition coefficient (Wildman–Crippen LogP) is 4.68. The quantitative estimate of drug-likeness (QED) is 0.365. The standard InChI is InChI=1S/C26H30N4O6S/c1-16(2)15-36-26(32)30(24-25(35-6)29-18(5)14-28-24)37(33,34)21-8-7-13-27-22(21)19-9-11-20(12-10-19)23(31)17(3)4/h7-14,16-17H,15H2,1-6H3. The Labute approximate surface area is 216 Å². The first-order valence-corrected chi connectivity index (χ1v) is 13.1. The van der Waals surface area contributed by atoms with Crippen LogP contribution < -0.4 is 9.04 Å². The van der Waals surface area contributed by atoms with E-state index in [4.69, 9.17) is 9.47 Å². The number of carbonyl (C=O) groups is 2. The SMILES string of the molecule is COc1nc(C)cnc1N(C(=O)OCC(C)C)S(=O)(=O)c1cccnc1-c1ccc(C(=O)C(C)C)cc1. The second-order valence-corrected chi connectivity index (χ2v) is 10.8. The highest BCUT2D eigenvalue weighted by molar-refractivity contribution is 7.93. The highest BCUT2D eigenvalue weighted by Gasteiger charge is 2.38. The first-order chi connectivity index (χ1) is 17.5. The number of ketones is 1. The Kier molecular flexibility index (Phi) is 8.59. The van der Waals surface area contributed by atoms with E-state index in [9.17, 15) is 18.0 Å². The van der Waals surface area contributed by atoms with Gasteiger partial charge in [-0.25, -0.2) is 23.2 Å². The van der Waals surface area contributed by atoms with Crippen LogP contribution in [0.25, 0.3) is 11.3 Å². The van der Waals surface area contributed by atoms with Gasteiger partial charge < -0.3 is 9.47 Å². The molecule has 0 unspecified atom stereocenters. The summed E-state index contributed by atoms with van der Waals surface area (Å²) in [6.07, 6.45) is 1.61. The lowest BCUT2D eigenvalue weighted by Crippen LogP contribution is -2.39. The highest BCUT2D eigenvalue weighted by Crippen LogP contribution is 2.34. The Bertz CT molecular complexity index is 1390. The fourth-order valence-electron chi connectivity index (χ4n) is 3.36. The van der Waals surface area contributed by atoms with E-state index in [0.29, 0.717) is 21.1 Å². The van der Waals surface area contributed by atoms with E-state index in [1.165, 1.54) is 31.6 Å². The number of ether oxygens (including phenoxy) is 2. The third-order valence-electron chi connectivity index (χ3n) is 5.19. The number of pyridine rings is 1. The van der Waals surface area contributed by atoms with Crippen LogP contribution in [0.15, 0.2) is 53.7 Å². The second kappa shape index (κ2) is 11.5. The third-order valence-corrected chi connectivity index (χ3v) is 6.88. The number of Topliss-reactive ketones (excluding diaryl/α,β-unsaturated/α-hetero) is 1. The van der Waals surface area contributed by atoms with E-state index >= 15 is 0 Å². The molecule has 0 saturated carbocycles. The zero-order valence-electron chi connectivity index (χ0n) is 21.6.